The molecule has 0 fully saturated rings. The normalized spacial score (nSPS) is 15.0. The van der Waals surface area contributed by atoms with Gasteiger partial charge < -0.3 is 9.47 Å². The summed E-state index contributed by atoms with van der Waals surface area (Å²) in [5.74, 6) is -1.87. The van der Waals surface area contributed by atoms with Crippen LogP contribution in [0.1, 0.15) is 11.7 Å². The largest absolute Gasteiger partial charge is 0.467 e. The highest BCUT2D eigenvalue weighted by Crippen LogP contribution is 2.56. The van der Waals surface area contributed by atoms with Gasteiger partial charge in [0.2, 0.25) is 0 Å². The number of hydrogen-bond acceptors (Lipinski definition) is 3. The molecule has 0 aliphatic carbocycles. The molecule has 1 aromatic carbocycles. The van der Waals surface area contributed by atoms with Crippen LogP contribution in [0.5, 0.6) is 0 Å². The van der Waals surface area contributed by atoms with Crippen molar-refractivity contribution in [2.75, 3.05) is 7.11 Å². The second-order valence-corrected chi connectivity index (χ2v) is 4.61. The number of hydrogen-bond donors (Lipinski definition) is 0. The minimum absolute atomic E-state index is 0.568. The number of benzene rings is 1. The average molecular weight is 384 g/mol. The van der Waals surface area contributed by atoms with Crippen molar-refractivity contribution < 1.29 is 53.8 Å². The van der Waals surface area contributed by atoms with Crippen LogP contribution in [-0.4, -0.2) is 37.2 Å². The minimum atomic E-state index is -6.95. The third kappa shape index (κ3) is 3.83. The van der Waals surface area contributed by atoms with E-state index in [1.54, 1.807) is 0 Å². The Labute approximate surface area is 134 Å². The van der Waals surface area contributed by atoms with E-state index in [-0.39, 0.29) is 0 Å². The molecule has 0 saturated carbocycles. The number of alkyl halides is 9. The maximum Gasteiger partial charge on any atom is 0.435 e. The van der Waals surface area contributed by atoms with Gasteiger partial charge in [-0.25, -0.2) is 4.79 Å². The number of rotatable bonds is 4. The zero-order valence-corrected chi connectivity index (χ0v) is 12.1. The van der Waals surface area contributed by atoms with Crippen LogP contribution in [0.4, 0.5) is 39.5 Å². The van der Waals surface area contributed by atoms with Crippen LogP contribution in [0.3, 0.4) is 0 Å². The quantitative estimate of drug-likeness (QED) is 0.572. The molecule has 0 aliphatic rings. The molecule has 1 atom stereocenters. The average Bonchev–Trinajstić information content (AvgIpc) is 2.44. The maximum absolute atomic E-state index is 12.9. The molecule has 0 aliphatic heterocycles. The molecule has 0 heterocycles. The fraction of sp³-hybridized carbons (Fsp3) is 0.462. The SMILES string of the molecule is COC(=O)C(OC(C(F)(F)F)(C(F)(F)F)C(F)(F)F)c1ccccc1. The number of halogens is 9. The molecule has 0 aromatic heterocycles. The van der Waals surface area contributed by atoms with Crippen molar-refractivity contribution in [1.82, 2.24) is 0 Å². The maximum atomic E-state index is 12.9. The van der Waals surface area contributed by atoms with Crippen LogP contribution in [0.15, 0.2) is 30.3 Å². The predicted molar refractivity (Wildman–Crippen MR) is 63.2 cm³/mol. The van der Waals surface area contributed by atoms with E-state index >= 15 is 0 Å². The topological polar surface area (TPSA) is 35.5 Å². The molecule has 0 saturated heterocycles. The fourth-order valence-corrected chi connectivity index (χ4v) is 1.85. The summed E-state index contributed by atoms with van der Waals surface area (Å²) in [5.41, 5.74) is -7.27. The molecule has 0 amide bonds. The lowest BCUT2D eigenvalue weighted by Gasteiger charge is -2.39. The van der Waals surface area contributed by atoms with Gasteiger partial charge in [-0.15, -0.1) is 0 Å². The van der Waals surface area contributed by atoms with E-state index in [0.717, 1.165) is 24.3 Å². The highest BCUT2D eigenvalue weighted by Gasteiger charge is 2.86. The monoisotopic (exact) mass is 384 g/mol. The molecule has 1 unspecified atom stereocenters. The van der Waals surface area contributed by atoms with E-state index in [4.69, 9.17) is 0 Å². The lowest BCUT2D eigenvalue weighted by Crippen LogP contribution is -2.68. The van der Waals surface area contributed by atoms with Crippen molar-refractivity contribution >= 4 is 5.97 Å². The first-order valence-corrected chi connectivity index (χ1v) is 6.20. The van der Waals surface area contributed by atoms with E-state index < -0.39 is 41.8 Å². The number of carbonyl (C=O) groups excluding carboxylic acids is 1. The van der Waals surface area contributed by atoms with Gasteiger partial charge in [-0.1, -0.05) is 30.3 Å². The number of esters is 1. The summed E-state index contributed by atoms with van der Waals surface area (Å²) in [7, 11) is 0.568. The highest BCUT2D eigenvalue weighted by molar-refractivity contribution is 5.76. The van der Waals surface area contributed by atoms with Crippen molar-refractivity contribution in [3.8, 4) is 0 Å². The lowest BCUT2D eigenvalue weighted by atomic mass is 10.00. The summed E-state index contributed by atoms with van der Waals surface area (Å²) in [6, 6.07) is 5.05. The predicted octanol–water partition coefficient (Wildman–Crippen LogP) is 4.34. The molecule has 0 bridgehead atoms. The van der Waals surface area contributed by atoms with E-state index in [0.29, 0.717) is 7.11 Å². The molecule has 0 radical (unpaired) electrons. The van der Waals surface area contributed by atoms with Crippen molar-refractivity contribution in [2.24, 2.45) is 0 Å². The van der Waals surface area contributed by atoms with Crippen LogP contribution in [0.25, 0.3) is 0 Å². The van der Waals surface area contributed by atoms with Crippen LogP contribution >= 0.6 is 0 Å². The van der Waals surface area contributed by atoms with E-state index in [1.165, 1.54) is 6.07 Å². The Bertz CT molecular complexity index is 553. The first-order chi connectivity index (χ1) is 11.2. The standard InChI is InChI=1S/C13H9F9O3/c1-24-9(23)8(7-5-3-2-4-6-7)25-10(11(14,15)16,12(17,18)19)13(20,21)22/h2-6,8H,1H3. The molecule has 1 rings (SSSR count). The van der Waals surface area contributed by atoms with Gasteiger partial charge in [-0.05, 0) is 5.56 Å². The number of ether oxygens (including phenoxy) is 2. The first-order valence-electron chi connectivity index (χ1n) is 6.20. The Kier molecular flexibility index (Phi) is 5.67. The zero-order chi connectivity index (χ0) is 19.7. The van der Waals surface area contributed by atoms with Gasteiger partial charge in [0.05, 0.1) is 7.11 Å². The van der Waals surface area contributed by atoms with Crippen molar-refractivity contribution in [1.29, 1.82) is 0 Å². The summed E-state index contributed by atoms with van der Waals surface area (Å²) >= 11 is 0. The van der Waals surface area contributed by atoms with E-state index in [1.807, 2.05) is 0 Å². The molecule has 142 valence electrons. The molecule has 25 heavy (non-hydrogen) atoms. The summed E-state index contributed by atoms with van der Waals surface area (Å²) in [4.78, 5) is 11.5. The Morgan fingerprint density at radius 2 is 1.24 bits per heavy atom. The van der Waals surface area contributed by atoms with Crippen LogP contribution < -0.4 is 0 Å². The second-order valence-electron chi connectivity index (χ2n) is 4.61. The van der Waals surface area contributed by atoms with E-state index in [2.05, 4.69) is 9.47 Å². The Hall–Kier alpha value is -1.98. The zero-order valence-electron chi connectivity index (χ0n) is 12.1. The summed E-state index contributed by atoms with van der Waals surface area (Å²) in [6.07, 6.45) is -23.8. The third-order valence-corrected chi connectivity index (χ3v) is 3.01. The Morgan fingerprint density at radius 3 is 1.56 bits per heavy atom. The van der Waals surface area contributed by atoms with Gasteiger partial charge in [-0.2, -0.15) is 39.5 Å². The van der Waals surface area contributed by atoms with Crippen molar-refractivity contribution in [3.63, 3.8) is 0 Å². The third-order valence-electron chi connectivity index (χ3n) is 3.01. The Morgan fingerprint density at radius 1 is 0.840 bits per heavy atom. The van der Waals surface area contributed by atoms with Gasteiger partial charge in [0, 0.05) is 0 Å². The molecular formula is C13H9F9O3. The minimum Gasteiger partial charge on any atom is -0.467 e. The van der Waals surface area contributed by atoms with Gasteiger partial charge >= 0.3 is 30.1 Å². The Balaban J connectivity index is 3.62. The number of methoxy groups -OCH3 is 1. The smallest absolute Gasteiger partial charge is 0.435 e. The molecule has 0 N–H and O–H groups in total. The summed E-state index contributed by atoms with van der Waals surface area (Å²) in [5, 5.41) is 0. The van der Waals surface area contributed by atoms with Crippen LogP contribution in [0, 0.1) is 0 Å². The van der Waals surface area contributed by atoms with Gasteiger partial charge in [0.15, 0.2) is 6.10 Å². The van der Waals surface area contributed by atoms with Gasteiger partial charge in [0.1, 0.15) is 0 Å². The van der Waals surface area contributed by atoms with Gasteiger partial charge in [0.25, 0.3) is 0 Å². The fourth-order valence-electron chi connectivity index (χ4n) is 1.85. The first kappa shape index (κ1) is 21.1. The van der Waals surface area contributed by atoms with Crippen LogP contribution in [-0.2, 0) is 14.3 Å². The van der Waals surface area contributed by atoms with Crippen LogP contribution in [0.2, 0.25) is 0 Å². The van der Waals surface area contributed by atoms with E-state index in [9.17, 15) is 44.3 Å². The molecule has 12 heteroatoms. The second kappa shape index (κ2) is 6.73. The van der Waals surface area contributed by atoms with Crippen molar-refractivity contribution in [3.05, 3.63) is 35.9 Å². The highest BCUT2D eigenvalue weighted by atomic mass is 19.4. The lowest BCUT2D eigenvalue weighted by molar-refractivity contribution is -0.463. The summed E-state index contributed by atoms with van der Waals surface area (Å²) < 4.78 is 123. The number of carbonyl (C=O) groups is 1. The van der Waals surface area contributed by atoms with Gasteiger partial charge in [-0.3, -0.25) is 0 Å². The van der Waals surface area contributed by atoms with Crippen molar-refractivity contribution in [2.45, 2.75) is 30.2 Å². The summed E-state index contributed by atoms with van der Waals surface area (Å²) in [6.45, 7) is 0. The molecular weight excluding hydrogens is 375 g/mol. The molecule has 3 nitrogen and oxygen atoms in total. The molecule has 0 spiro atoms. The molecule has 1 aromatic rings.